The van der Waals surface area contributed by atoms with Gasteiger partial charge in [0.15, 0.2) is 0 Å². The van der Waals surface area contributed by atoms with Crippen LogP contribution in [0, 0.1) is 0 Å². The first-order chi connectivity index (χ1) is 14.7. The van der Waals surface area contributed by atoms with Crippen molar-refractivity contribution < 1.29 is 9.53 Å². The number of amides is 1. The van der Waals surface area contributed by atoms with Crippen molar-refractivity contribution in [1.82, 2.24) is 10.2 Å². The molecule has 0 aliphatic carbocycles. The number of nitrogens with zero attached hydrogens (tertiary/aromatic N) is 2. The highest BCUT2D eigenvalue weighted by Crippen LogP contribution is 2.28. The summed E-state index contributed by atoms with van der Waals surface area (Å²) in [5.41, 5.74) is 2.32. The third kappa shape index (κ3) is 4.26. The Hall–Kier alpha value is -3.05. The molecule has 1 saturated heterocycles. The quantitative estimate of drug-likeness (QED) is 0.679. The average Bonchev–Trinajstić information content (AvgIpc) is 2.82. The number of hydrogen-bond acceptors (Lipinski definition) is 4. The van der Waals surface area contributed by atoms with Gasteiger partial charge in [-0.25, -0.2) is 0 Å². The molecule has 1 aliphatic rings. The number of fused-ring (bicyclic) bond motifs is 1. The SMILES string of the molecule is COc1ccccc1N1CCN(C(=O)CN[C@H](C)c2cccc3ccccc23)CC1. The minimum Gasteiger partial charge on any atom is -0.495 e. The van der Waals surface area contributed by atoms with Gasteiger partial charge in [-0.1, -0.05) is 54.6 Å². The van der Waals surface area contributed by atoms with Crippen LogP contribution in [0.1, 0.15) is 18.5 Å². The highest BCUT2D eigenvalue weighted by Gasteiger charge is 2.23. The number of carbonyl (C=O) groups is 1. The standard InChI is InChI=1S/C25H29N3O2/c1-19(21-11-7-9-20-8-3-4-10-22(20)21)26-18-25(29)28-16-14-27(15-17-28)23-12-5-6-13-24(23)30-2/h3-13,19,26H,14-18H2,1-2H3/t19-/m1/s1. The second-order valence-corrected chi connectivity index (χ2v) is 7.71. The lowest BCUT2D eigenvalue weighted by Crippen LogP contribution is -2.51. The zero-order chi connectivity index (χ0) is 20.9. The number of hydrogen-bond donors (Lipinski definition) is 1. The third-order valence-electron chi connectivity index (χ3n) is 5.91. The van der Waals surface area contributed by atoms with Gasteiger partial charge in [-0.15, -0.1) is 0 Å². The highest BCUT2D eigenvalue weighted by atomic mass is 16.5. The fraction of sp³-hybridized carbons (Fsp3) is 0.320. The van der Waals surface area contributed by atoms with Crippen molar-refractivity contribution in [3.05, 3.63) is 72.3 Å². The Morgan fingerprint density at radius 2 is 1.67 bits per heavy atom. The number of ether oxygens (including phenoxy) is 1. The molecular formula is C25H29N3O2. The first kappa shape index (κ1) is 20.2. The normalized spacial score (nSPS) is 15.3. The van der Waals surface area contributed by atoms with Gasteiger partial charge in [0.25, 0.3) is 0 Å². The molecule has 0 saturated carbocycles. The molecule has 4 rings (SSSR count). The van der Waals surface area contributed by atoms with Crippen LogP contribution in [0.2, 0.25) is 0 Å². The monoisotopic (exact) mass is 403 g/mol. The summed E-state index contributed by atoms with van der Waals surface area (Å²) >= 11 is 0. The van der Waals surface area contributed by atoms with E-state index in [-0.39, 0.29) is 11.9 Å². The van der Waals surface area contributed by atoms with Gasteiger partial charge in [-0.3, -0.25) is 4.79 Å². The van der Waals surface area contributed by atoms with Gasteiger partial charge in [-0.2, -0.15) is 0 Å². The second kappa shape index (κ2) is 9.18. The van der Waals surface area contributed by atoms with Gasteiger partial charge >= 0.3 is 0 Å². The molecule has 30 heavy (non-hydrogen) atoms. The summed E-state index contributed by atoms with van der Waals surface area (Å²) in [5, 5.41) is 5.88. The lowest BCUT2D eigenvalue weighted by atomic mass is 10.00. The molecule has 3 aromatic carbocycles. The molecule has 0 radical (unpaired) electrons. The summed E-state index contributed by atoms with van der Waals surface area (Å²) in [5.74, 6) is 1.03. The molecule has 1 aliphatic heterocycles. The van der Waals surface area contributed by atoms with E-state index in [1.54, 1.807) is 7.11 Å². The van der Waals surface area contributed by atoms with Crippen LogP contribution in [0.15, 0.2) is 66.7 Å². The zero-order valence-electron chi connectivity index (χ0n) is 17.7. The second-order valence-electron chi connectivity index (χ2n) is 7.71. The van der Waals surface area contributed by atoms with Gasteiger partial charge in [0.1, 0.15) is 5.75 Å². The zero-order valence-corrected chi connectivity index (χ0v) is 17.7. The summed E-state index contributed by atoms with van der Waals surface area (Å²) in [6.45, 7) is 5.53. The number of rotatable bonds is 6. The van der Waals surface area contributed by atoms with Gasteiger partial charge in [-0.05, 0) is 35.4 Å². The number of nitrogens with one attached hydrogen (secondary N) is 1. The fourth-order valence-electron chi connectivity index (χ4n) is 4.18. The molecule has 1 N–H and O–H groups in total. The number of methoxy groups -OCH3 is 1. The number of anilines is 1. The van der Waals surface area contributed by atoms with Gasteiger partial charge < -0.3 is 19.9 Å². The van der Waals surface area contributed by atoms with Crippen LogP contribution in [-0.2, 0) is 4.79 Å². The van der Waals surface area contributed by atoms with Crippen LogP contribution in [-0.4, -0.2) is 50.6 Å². The number of carbonyl (C=O) groups excluding carboxylic acids is 1. The Morgan fingerprint density at radius 3 is 2.47 bits per heavy atom. The topological polar surface area (TPSA) is 44.8 Å². The van der Waals surface area contributed by atoms with E-state index in [2.05, 4.69) is 65.7 Å². The maximum atomic E-state index is 12.8. The third-order valence-corrected chi connectivity index (χ3v) is 5.91. The van der Waals surface area contributed by atoms with Crippen molar-refractivity contribution in [3.63, 3.8) is 0 Å². The van der Waals surface area contributed by atoms with Gasteiger partial charge in [0.05, 0.1) is 19.3 Å². The van der Waals surface area contributed by atoms with Crippen LogP contribution in [0.5, 0.6) is 5.75 Å². The van der Waals surface area contributed by atoms with E-state index in [0.717, 1.165) is 37.6 Å². The molecule has 1 atom stereocenters. The van der Waals surface area contributed by atoms with Crippen molar-refractivity contribution in [2.75, 3.05) is 44.7 Å². The Balaban J connectivity index is 1.33. The summed E-state index contributed by atoms with van der Waals surface area (Å²) in [6, 6.07) is 22.9. The van der Waals surface area contributed by atoms with E-state index >= 15 is 0 Å². The van der Waals surface area contributed by atoms with Crippen LogP contribution in [0.25, 0.3) is 10.8 Å². The van der Waals surface area contributed by atoms with E-state index in [0.29, 0.717) is 6.54 Å². The molecule has 156 valence electrons. The summed E-state index contributed by atoms with van der Waals surface area (Å²) in [4.78, 5) is 17.0. The summed E-state index contributed by atoms with van der Waals surface area (Å²) < 4.78 is 5.48. The summed E-state index contributed by atoms with van der Waals surface area (Å²) in [7, 11) is 1.70. The van der Waals surface area contributed by atoms with Crippen molar-refractivity contribution in [3.8, 4) is 5.75 Å². The molecular weight excluding hydrogens is 374 g/mol. The molecule has 0 spiro atoms. The van der Waals surface area contributed by atoms with Gasteiger partial charge in [0, 0.05) is 32.2 Å². The molecule has 1 fully saturated rings. The largest absolute Gasteiger partial charge is 0.495 e. The van der Waals surface area contributed by atoms with E-state index in [9.17, 15) is 4.79 Å². The van der Waals surface area contributed by atoms with E-state index in [4.69, 9.17) is 4.74 Å². The van der Waals surface area contributed by atoms with E-state index < -0.39 is 0 Å². The minimum atomic E-state index is 0.106. The van der Waals surface area contributed by atoms with Crippen molar-refractivity contribution in [1.29, 1.82) is 0 Å². The molecule has 0 bridgehead atoms. The molecule has 1 amide bonds. The van der Waals surface area contributed by atoms with Crippen LogP contribution in [0.4, 0.5) is 5.69 Å². The predicted octanol–water partition coefficient (Wildman–Crippen LogP) is 3.85. The van der Waals surface area contributed by atoms with Crippen LogP contribution in [0.3, 0.4) is 0 Å². The van der Waals surface area contributed by atoms with Crippen LogP contribution >= 0.6 is 0 Å². The van der Waals surface area contributed by atoms with Gasteiger partial charge in [0.2, 0.25) is 5.91 Å². The first-order valence-electron chi connectivity index (χ1n) is 10.5. The average molecular weight is 404 g/mol. The fourth-order valence-corrected chi connectivity index (χ4v) is 4.18. The van der Waals surface area contributed by atoms with Crippen molar-refractivity contribution in [2.45, 2.75) is 13.0 Å². The van der Waals surface area contributed by atoms with E-state index in [1.807, 2.05) is 23.1 Å². The van der Waals surface area contributed by atoms with Crippen LogP contribution < -0.4 is 15.0 Å². The van der Waals surface area contributed by atoms with Crippen molar-refractivity contribution in [2.24, 2.45) is 0 Å². The molecule has 0 unspecified atom stereocenters. The first-order valence-corrected chi connectivity index (χ1v) is 10.5. The Kier molecular flexibility index (Phi) is 6.19. The highest BCUT2D eigenvalue weighted by molar-refractivity contribution is 5.86. The Morgan fingerprint density at radius 1 is 0.967 bits per heavy atom. The number of benzene rings is 3. The van der Waals surface area contributed by atoms with E-state index in [1.165, 1.54) is 16.3 Å². The molecule has 5 heteroatoms. The van der Waals surface area contributed by atoms with Crippen molar-refractivity contribution >= 4 is 22.4 Å². The molecule has 3 aromatic rings. The Bertz CT molecular complexity index is 1010. The maximum Gasteiger partial charge on any atom is 0.236 e. The maximum absolute atomic E-state index is 12.8. The number of para-hydroxylation sites is 2. The lowest BCUT2D eigenvalue weighted by molar-refractivity contribution is -0.130. The smallest absolute Gasteiger partial charge is 0.236 e. The summed E-state index contributed by atoms with van der Waals surface area (Å²) in [6.07, 6.45) is 0. The molecule has 0 aromatic heterocycles. The molecule has 1 heterocycles. The lowest BCUT2D eigenvalue weighted by Gasteiger charge is -2.36. The number of piperazine rings is 1. The molecule has 5 nitrogen and oxygen atoms in total. The minimum absolute atomic E-state index is 0.106. The predicted molar refractivity (Wildman–Crippen MR) is 122 cm³/mol. The Labute approximate surface area is 178 Å².